The van der Waals surface area contributed by atoms with Gasteiger partial charge < -0.3 is 9.47 Å². The average molecular weight is 420 g/mol. The maximum absolute atomic E-state index is 11.7. The standard InChI is InChI=1S/C25H22ClNO3/c1-18(28)29-23-14-13-20(26)15-22(23)25(2,16-19-9-5-3-6-10-19)24(17-27)30-21-11-7-4-8-12-21/h3-15,24H,16H2,1-2H3. The van der Waals surface area contributed by atoms with Crippen LogP contribution in [-0.2, 0) is 16.6 Å². The second-order valence-electron chi connectivity index (χ2n) is 7.25. The Morgan fingerprint density at radius 3 is 2.30 bits per heavy atom. The van der Waals surface area contributed by atoms with Crippen molar-refractivity contribution in [3.05, 3.63) is 95.0 Å². The van der Waals surface area contributed by atoms with Gasteiger partial charge in [0.2, 0.25) is 0 Å². The van der Waals surface area contributed by atoms with Crippen molar-refractivity contribution in [2.24, 2.45) is 0 Å². The molecule has 0 aliphatic heterocycles. The van der Waals surface area contributed by atoms with Gasteiger partial charge in [-0.15, -0.1) is 0 Å². The Kier molecular flexibility index (Phi) is 6.76. The van der Waals surface area contributed by atoms with Gasteiger partial charge >= 0.3 is 5.97 Å². The largest absolute Gasteiger partial charge is 0.475 e. The van der Waals surface area contributed by atoms with Gasteiger partial charge in [0.15, 0.2) is 6.10 Å². The van der Waals surface area contributed by atoms with Crippen molar-refractivity contribution in [1.29, 1.82) is 5.26 Å². The number of ether oxygens (including phenoxy) is 2. The van der Waals surface area contributed by atoms with Crippen LogP contribution in [0.5, 0.6) is 11.5 Å². The van der Waals surface area contributed by atoms with Crippen LogP contribution in [0.3, 0.4) is 0 Å². The van der Waals surface area contributed by atoms with Crippen molar-refractivity contribution in [2.45, 2.75) is 31.8 Å². The minimum absolute atomic E-state index is 0.363. The molecular weight excluding hydrogens is 398 g/mol. The third-order valence-electron chi connectivity index (χ3n) is 4.92. The zero-order chi connectivity index (χ0) is 21.6. The number of halogens is 1. The molecular formula is C25H22ClNO3. The summed E-state index contributed by atoms with van der Waals surface area (Å²) < 4.78 is 11.6. The van der Waals surface area contributed by atoms with Crippen LogP contribution in [0.25, 0.3) is 0 Å². The number of nitrogens with zero attached hydrogens (tertiary/aromatic N) is 1. The van der Waals surface area contributed by atoms with E-state index >= 15 is 0 Å². The van der Waals surface area contributed by atoms with E-state index in [9.17, 15) is 10.1 Å². The molecule has 0 fully saturated rings. The van der Waals surface area contributed by atoms with Crippen molar-refractivity contribution in [3.8, 4) is 17.6 Å². The number of benzene rings is 3. The third kappa shape index (κ3) is 5.00. The van der Waals surface area contributed by atoms with Gasteiger partial charge in [0.05, 0.1) is 5.41 Å². The second-order valence-corrected chi connectivity index (χ2v) is 7.69. The molecule has 0 aromatic heterocycles. The molecule has 0 saturated heterocycles. The fourth-order valence-corrected chi connectivity index (χ4v) is 3.65. The SMILES string of the molecule is CC(=O)Oc1ccc(Cl)cc1C(C)(Cc1ccccc1)C(C#N)Oc1ccccc1. The molecule has 30 heavy (non-hydrogen) atoms. The first-order chi connectivity index (χ1) is 14.4. The van der Waals surface area contributed by atoms with Gasteiger partial charge in [-0.3, -0.25) is 4.79 Å². The van der Waals surface area contributed by atoms with Gasteiger partial charge in [0.25, 0.3) is 0 Å². The number of nitriles is 1. The Hall–Kier alpha value is -3.29. The molecule has 0 saturated carbocycles. The number of rotatable bonds is 7. The molecule has 4 nitrogen and oxygen atoms in total. The summed E-state index contributed by atoms with van der Waals surface area (Å²) in [6.07, 6.45) is -0.388. The molecule has 2 atom stereocenters. The topological polar surface area (TPSA) is 59.3 Å². The molecule has 0 spiro atoms. The number of carbonyl (C=O) groups excluding carboxylic acids is 1. The number of para-hydroxylation sites is 1. The first-order valence-electron chi connectivity index (χ1n) is 9.56. The van der Waals surface area contributed by atoms with Crippen LogP contribution in [0.2, 0.25) is 5.02 Å². The van der Waals surface area contributed by atoms with Crippen molar-refractivity contribution >= 4 is 17.6 Å². The highest BCUT2D eigenvalue weighted by Gasteiger charge is 2.41. The Morgan fingerprint density at radius 1 is 1.07 bits per heavy atom. The van der Waals surface area contributed by atoms with E-state index in [0.29, 0.717) is 28.5 Å². The van der Waals surface area contributed by atoms with Crippen LogP contribution in [0.1, 0.15) is 25.0 Å². The Labute approximate surface area is 181 Å². The first-order valence-corrected chi connectivity index (χ1v) is 9.94. The molecule has 0 aliphatic rings. The molecule has 0 heterocycles. The Balaban J connectivity index is 2.13. The number of hydrogen-bond donors (Lipinski definition) is 0. The summed E-state index contributed by atoms with van der Waals surface area (Å²) in [7, 11) is 0. The average Bonchev–Trinajstić information content (AvgIpc) is 2.74. The minimum atomic E-state index is -0.868. The molecule has 3 aromatic carbocycles. The summed E-state index contributed by atoms with van der Waals surface area (Å²) in [6, 6.07) is 26.3. The third-order valence-corrected chi connectivity index (χ3v) is 5.15. The quantitative estimate of drug-likeness (QED) is 0.362. The highest BCUT2D eigenvalue weighted by Crippen LogP contribution is 2.40. The normalized spacial score (nSPS) is 13.5. The Morgan fingerprint density at radius 2 is 1.70 bits per heavy atom. The summed E-state index contributed by atoms with van der Waals surface area (Å²) in [5.74, 6) is 0.500. The highest BCUT2D eigenvalue weighted by atomic mass is 35.5. The molecule has 0 radical (unpaired) electrons. The minimum Gasteiger partial charge on any atom is -0.475 e. The van der Waals surface area contributed by atoms with Gasteiger partial charge in [-0.2, -0.15) is 5.26 Å². The fourth-order valence-electron chi connectivity index (χ4n) is 3.48. The maximum atomic E-state index is 11.7. The predicted molar refractivity (Wildman–Crippen MR) is 117 cm³/mol. The predicted octanol–water partition coefficient (Wildman–Crippen LogP) is 5.74. The number of hydrogen-bond acceptors (Lipinski definition) is 4. The molecule has 3 rings (SSSR count). The molecule has 2 unspecified atom stereocenters. The molecule has 5 heteroatoms. The first kappa shape index (κ1) is 21.4. The van der Waals surface area contributed by atoms with E-state index in [1.807, 2.05) is 55.5 Å². The van der Waals surface area contributed by atoms with Gasteiger partial charge in [0.1, 0.15) is 17.6 Å². The van der Waals surface area contributed by atoms with Crippen molar-refractivity contribution in [2.75, 3.05) is 0 Å². The Bertz CT molecular complexity index is 1050. The van der Waals surface area contributed by atoms with E-state index in [1.54, 1.807) is 30.3 Å². The summed E-state index contributed by atoms with van der Waals surface area (Å²) in [5, 5.41) is 10.6. The van der Waals surface area contributed by atoms with Crippen molar-refractivity contribution in [3.63, 3.8) is 0 Å². The van der Waals surface area contributed by atoms with Gasteiger partial charge in [-0.1, -0.05) is 67.1 Å². The smallest absolute Gasteiger partial charge is 0.308 e. The molecule has 3 aromatic rings. The fraction of sp³-hybridized carbons (Fsp3) is 0.200. The van der Waals surface area contributed by atoms with E-state index in [-0.39, 0.29) is 0 Å². The lowest BCUT2D eigenvalue weighted by molar-refractivity contribution is -0.132. The van der Waals surface area contributed by atoms with Gasteiger partial charge in [-0.05, 0) is 42.3 Å². The maximum Gasteiger partial charge on any atom is 0.308 e. The van der Waals surface area contributed by atoms with E-state index in [4.69, 9.17) is 21.1 Å². The number of esters is 1. The summed E-state index contributed by atoms with van der Waals surface area (Å²) in [6.45, 7) is 3.27. The van der Waals surface area contributed by atoms with Crippen LogP contribution >= 0.6 is 11.6 Å². The van der Waals surface area contributed by atoms with Crippen molar-refractivity contribution in [1.82, 2.24) is 0 Å². The molecule has 0 aliphatic carbocycles. The summed E-state index contributed by atoms with van der Waals surface area (Å²) in [4.78, 5) is 11.7. The van der Waals surface area contributed by atoms with E-state index in [1.165, 1.54) is 6.92 Å². The monoisotopic (exact) mass is 419 g/mol. The lowest BCUT2D eigenvalue weighted by atomic mass is 9.72. The van der Waals surface area contributed by atoms with E-state index in [2.05, 4.69) is 6.07 Å². The van der Waals surface area contributed by atoms with E-state index < -0.39 is 17.5 Å². The molecule has 0 bridgehead atoms. The van der Waals surface area contributed by atoms with Crippen LogP contribution in [0, 0.1) is 11.3 Å². The summed E-state index contributed by atoms with van der Waals surface area (Å²) in [5.41, 5.74) is 0.795. The zero-order valence-electron chi connectivity index (χ0n) is 16.8. The second kappa shape index (κ2) is 9.47. The zero-order valence-corrected chi connectivity index (χ0v) is 17.6. The molecule has 152 valence electrons. The van der Waals surface area contributed by atoms with Gasteiger partial charge in [0, 0.05) is 17.5 Å². The highest BCUT2D eigenvalue weighted by molar-refractivity contribution is 6.30. The van der Waals surface area contributed by atoms with Crippen LogP contribution in [-0.4, -0.2) is 12.1 Å². The molecule has 0 N–H and O–H groups in total. The van der Waals surface area contributed by atoms with Crippen LogP contribution < -0.4 is 9.47 Å². The van der Waals surface area contributed by atoms with Crippen molar-refractivity contribution < 1.29 is 14.3 Å². The van der Waals surface area contributed by atoms with Crippen LogP contribution in [0.15, 0.2) is 78.9 Å². The molecule has 0 amide bonds. The van der Waals surface area contributed by atoms with Gasteiger partial charge in [-0.25, -0.2) is 0 Å². The van der Waals surface area contributed by atoms with E-state index in [0.717, 1.165) is 5.56 Å². The van der Waals surface area contributed by atoms with Crippen LogP contribution in [0.4, 0.5) is 0 Å². The number of carbonyl (C=O) groups is 1. The summed E-state index contributed by atoms with van der Waals surface area (Å²) >= 11 is 6.31. The lowest BCUT2D eigenvalue weighted by Gasteiger charge is -2.35. The lowest BCUT2D eigenvalue weighted by Crippen LogP contribution is -2.42.